The Kier molecular flexibility index (Phi) is 8.83. The number of carbonyl (C=O) groups excluding carboxylic acids is 1. The topological polar surface area (TPSA) is 88.3 Å². The molecule has 1 amide bonds. The van der Waals surface area contributed by atoms with Crippen LogP contribution in [-0.4, -0.2) is 63.0 Å². The largest absolute Gasteiger partial charge is 0.467 e. The molecule has 0 bridgehead atoms. The molecule has 25 heavy (non-hydrogen) atoms. The van der Waals surface area contributed by atoms with Crippen molar-refractivity contribution in [1.29, 1.82) is 0 Å². The summed E-state index contributed by atoms with van der Waals surface area (Å²) in [5, 5.41) is 6.31. The van der Waals surface area contributed by atoms with Gasteiger partial charge in [-0.2, -0.15) is 0 Å². The van der Waals surface area contributed by atoms with E-state index in [9.17, 15) is 4.79 Å². The molecule has 1 heterocycles. The van der Waals surface area contributed by atoms with E-state index in [0.717, 1.165) is 5.76 Å². The number of amides is 1. The first kappa shape index (κ1) is 20.8. The molecule has 0 atom stereocenters. The van der Waals surface area contributed by atoms with Crippen molar-refractivity contribution in [2.45, 2.75) is 32.9 Å². The molecule has 8 heteroatoms. The lowest BCUT2D eigenvalue weighted by molar-refractivity contribution is 0.0206. The van der Waals surface area contributed by atoms with E-state index in [4.69, 9.17) is 13.9 Å². The van der Waals surface area contributed by atoms with Crippen molar-refractivity contribution in [3.8, 4) is 0 Å². The Hall–Kier alpha value is -2.22. The Morgan fingerprint density at radius 1 is 1.32 bits per heavy atom. The molecule has 0 saturated carbocycles. The molecule has 2 N–H and O–H groups in total. The van der Waals surface area contributed by atoms with Crippen molar-refractivity contribution in [3.05, 3.63) is 24.2 Å². The Balaban J connectivity index is 2.44. The maximum Gasteiger partial charge on any atom is 0.410 e. The number of guanidine groups is 1. The number of methoxy groups -OCH3 is 1. The number of rotatable bonds is 8. The zero-order valence-corrected chi connectivity index (χ0v) is 15.8. The number of furan rings is 1. The smallest absolute Gasteiger partial charge is 0.410 e. The lowest BCUT2D eigenvalue weighted by Crippen LogP contribution is -2.45. The van der Waals surface area contributed by atoms with Gasteiger partial charge < -0.3 is 29.4 Å². The Morgan fingerprint density at radius 2 is 2.08 bits per heavy atom. The highest BCUT2D eigenvalue weighted by Gasteiger charge is 2.21. The third kappa shape index (κ3) is 8.99. The van der Waals surface area contributed by atoms with Gasteiger partial charge in [-0.1, -0.05) is 0 Å². The second-order valence-electron chi connectivity index (χ2n) is 6.39. The molecule has 0 spiro atoms. The van der Waals surface area contributed by atoms with Gasteiger partial charge in [0.25, 0.3) is 0 Å². The fourth-order valence-corrected chi connectivity index (χ4v) is 1.94. The minimum atomic E-state index is -0.531. The van der Waals surface area contributed by atoms with Crippen LogP contribution in [0, 0.1) is 0 Å². The van der Waals surface area contributed by atoms with E-state index in [0.29, 0.717) is 38.7 Å². The van der Waals surface area contributed by atoms with Crippen molar-refractivity contribution in [3.63, 3.8) is 0 Å². The van der Waals surface area contributed by atoms with Gasteiger partial charge in [0.05, 0.1) is 19.4 Å². The molecule has 0 unspecified atom stereocenters. The van der Waals surface area contributed by atoms with Gasteiger partial charge in [-0.05, 0) is 32.9 Å². The highest BCUT2D eigenvalue weighted by Crippen LogP contribution is 2.09. The van der Waals surface area contributed by atoms with Gasteiger partial charge in [0.1, 0.15) is 11.4 Å². The van der Waals surface area contributed by atoms with Crippen molar-refractivity contribution >= 4 is 12.1 Å². The lowest BCUT2D eigenvalue weighted by atomic mass is 10.2. The molecule has 8 nitrogen and oxygen atoms in total. The van der Waals surface area contributed by atoms with Crippen molar-refractivity contribution in [1.82, 2.24) is 15.5 Å². The Bertz CT molecular complexity index is 523. The van der Waals surface area contributed by atoms with E-state index < -0.39 is 5.60 Å². The van der Waals surface area contributed by atoms with Crippen molar-refractivity contribution < 1.29 is 18.7 Å². The molecular weight excluding hydrogens is 324 g/mol. The molecule has 1 aromatic rings. The fraction of sp³-hybridized carbons (Fsp3) is 0.647. The van der Waals surface area contributed by atoms with Gasteiger partial charge in [-0.3, -0.25) is 4.99 Å². The van der Waals surface area contributed by atoms with Gasteiger partial charge >= 0.3 is 6.09 Å². The highest BCUT2D eigenvalue weighted by molar-refractivity contribution is 5.79. The van der Waals surface area contributed by atoms with Crippen molar-refractivity contribution in [2.24, 2.45) is 4.99 Å². The second-order valence-corrected chi connectivity index (χ2v) is 6.39. The molecule has 0 aliphatic heterocycles. The zero-order valence-electron chi connectivity index (χ0n) is 15.8. The number of ether oxygens (including phenoxy) is 2. The quantitative estimate of drug-likeness (QED) is 0.547. The third-order valence-corrected chi connectivity index (χ3v) is 3.12. The van der Waals surface area contributed by atoms with Crippen LogP contribution in [-0.2, 0) is 16.0 Å². The number of hydrogen-bond donors (Lipinski definition) is 2. The molecule has 0 aliphatic carbocycles. The third-order valence-electron chi connectivity index (χ3n) is 3.12. The minimum Gasteiger partial charge on any atom is -0.467 e. The van der Waals surface area contributed by atoms with Gasteiger partial charge in [0.2, 0.25) is 0 Å². The van der Waals surface area contributed by atoms with Gasteiger partial charge in [-0.15, -0.1) is 0 Å². The van der Waals surface area contributed by atoms with E-state index in [1.807, 2.05) is 32.9 Å². The van der Waals surface area contributed by atoms with E-state index in [2.05, 4.69) is 15.6 Å². The molecular formula is C17H30N4O4. The molecule has 0 fully saturated rings. The molecule has 0 aromatic carbocycles. The van der Waals surface area contributed by atoms with Gasteiger partial charge in [-0.25, -0.2) is 4.79 Å². The summed E-state index contributed by atoms with van der Waals surface area (Å²) in [7, 11) is 3.29. The first-order valence-electron chi connectivity index (χ1n) is 8.29. The first-order valence-corrected chi connectivity index (χ1v) is 8.29. The number of carbonyl (C=O) groups is 1. The number of hydrogen-bond acceptors (Lipinski definition) is 5. The summed E-state index contributed by atoms with van der Waals surface area (Å²) in [5.74, 6) is 1.45. The SMILES string of the molecule is CN=C(NCCN(CCOC)C(=O)OC(C)(C)C)NCc1ccco1. The predicted octanol–water partition coefficient (Wildman–Crippen LogP) is 1.83. The summed E-state index contributed by atoms with van der Waals surface area (Å²) in [6, 6.07) is 3.72. The van der Waals surface area contributed by atoms with E-state index in [-0.39, 0.29) is 6.09 Å². The van der Waals surface area contributed by atoms with E-state index in [1.165, 1.54) is 0 Å². The number of nitrogens with one attached hydrogen (secondary N) is 2. The van der Waals surface area contributed by atoms with Crippen LogP contribution in [0.4, 0.5) is 4.79 Å². The average Bonchev–Trinajstić information content (AvgIpc) is 3.05. The number of nitrogens with zero attached hydrogens (tertiary/aromatic N) is 2. The Morgan fingerprint density at radius 3 is 2.64 bits per heavy atom. The highest BCUT2D eigenvalue weighted by atomic mass is 16.6. The molecule has 1 aromatic heterocycles. The van der Waals surface area contributed by atoms with Crippen LogP contribution in [0.5, 0.6) is 0 Å². The van der Waals surface area contributed by atoms with Crippen LogP contribution >= 0.6 is 0 Å². The Labute approximate surface area is 149 Å². The van der Waals surface area contributed by atoms with E-state index in [1.54, 1.807) is 25.3 Å². The maximum absolute atomic E-state index is 12.3. The molecule has 0 radical (unpaired) electrons. The predicted molar refractivity (Wildman–Crippen MR) is 96.6 cm³/mol. The van der Waals surface area contributed by atoms with Crippen LogP contribution < -0.4 is 10.6 Å². The summed E-state index contributed by atoms with van der Waals surface area (Å²) in [6.07, 6.45) is 1.27. The second kappa shape index (κ2) is 10.6. The van der Waals surface area contributed by atoms with E-state index >= 15 is 0 Å². The van der Waals surface area contributed by atoms with Crippen LogP contribution in [0.2, 0.25) is 0 Å². The van der Waals surface area contributed by atoms with Gasteiger partial charge in [0, 0.05) is 33.8 Å². The summed E-state index contributed by atoms with van der Waals surface area (Å²) >= 11 is 0. The van der Waals surface area contributed by atoms with Crippen LogP contribution in [0.1, 0.15) is 26.5 Å². The molecule has 0 aliphatic rings. The summed E-state index contributed by atoms with van der Waals surface area (Å²) in [5.41, 5.74) is -0.531. The van der Waals surface area contributed by atoms with Crippen LogP contribution in [0.15, 0.2) is 27.8 Å². The monoisotopic (exact) mass is 354 g/mol. The van der Waals surface area contributed by atoms with Crippen molar-refractivity contribution in [2.75, 3.05) is 40.4 Å². The van der Waals surface area contributed by atoms with Gasteiger partial charge in [0.15, 0.2) is 5.96 Å². The lowest BCUT2D eigenvalue weighted by Gasteiger charge is -2.27. The summed E-state index contributed by atoms with van der Waals surface area (Å²) in [4.78, 5) is 18.0. The summed E-state index contributed by atoms with van der Waals surface area (Å²) in [6.45, 7) is 7.98. The normalized spacial score (nSPS) is 12.0. The molecule has 1 rings (SSSR count). The fourth-order valence-electron chi connectivity index (χ4n) is 1.94. The summed E-state index contributed by atoms with van der Waals surface area (Å²) < 4.78 is 15.8. The zero-order chi connectivity index (χ0) is 18.7. The maximum atomic E-state index is 12.3. The molecule has 142 valence electrons. The minimum absolute atomic E-state index is 0.357. The average molecular weight is 354 g/mol. The molecule has 0 saturated heterocycles. The first-order chi connectivity index (χ1) is 11.9. The van der Waals surface area contributed by atoms with Crippen LogP contribution in [0.25, 0.3) is 0 Å². The van der Waals surface area contributed by atoms with Crippen LogP contribution in [0.3, 0.4) is 0 Å². The standard InChI is InChI=1S/C17H30N4O4/c1-17(2,3)25-16(22)21(10-12-23-5)9-8-19-15(18-4)20-13-14-7-6-11-24-14/h6-7,11H,8-10,12-13H2,1-5H3,(H2,18,19,20). The number of aliphatic imine (C=N–C) groups is 1.